The van der Waals surface area contributed by atoms with Crippen LogP contribution in [0.25, 0.3) is 0 Å². The molecule has 1 saturated heterocycles. The normalized spacial score (nSPS) is 18.9. The second-order valence-electron chi connectivity index (χ2n) is 6.70. The van der Waals surface area contributed by atoms with E-state index in [-0.39, 0.29) is 30.1 Å². The van der Waals surface area contributed by atoms with Crippen molar-refractivity contribution in [1.29, 1.82) is 0 Å². The van der Waals surface area contributed by atoms with Crippen LogP contribution in [0.2, 0.25) is 0 Å². The first-order chi connectivity index (χ1) is 11.8. The van der Waals surface area contributed by atoms with Gasteiger partial charge < -0.3 is 15.1 Å². The molecule has 0 unspecified atom stereocenters. The van der Waals surface area contributed by atoms with Crippen molar-refractivity contribution in [2.75, 3.05) is 20.6 Å². The van der Waals surface area contributed by atoms with Crippen LogP contribution in [-0.4, -0.2) is 53.7 Å². The molecule has 3 amide bonds. The van der Waals surface area contributed by atoms with E-state index in [1.54, 1.807) is 19.0 Å². The minimum atomic E-state index is -0.551. The van der Waals surface area contributed by atoms with Gasteiger partial charge >= 0.3 is 0 Å². The lowest BCUT2D eigenvalue weighted by atomic mass is 10.1. The van der Waals surface area contributed by atoms with Gasteiger partial charge in [0.25, 0.3) is 0 Å². The zero-order valence-corrected chi connectivity index (χ0v) is 15.9. The number of nitrogens with one attached hydrogen (secondary N) is 1. The maximum absolute atomic E-state index is 12.7. The summed E-state index contributed by atoms with van der Waals surface area (Å²) >= 11 is 1.29. The summed E-state index contributed by atoms with van der Waals surface area (Å²) in [6.07, 6.45) is -0.137. The summed E-state index contributed by atoms with van der Waals surface area (Å²) in [5, 5.41) is 2.36. The molecule has 1 aliphatic heterocycles. The standard InChI is InChI=1S/C18H25N3O3S/c1-12(2)11-21-15(23)10-14(22)19-18(21)25-16(17(24)20(3)4)13-8-6-5-7-9-13/h5-9,12,16,18H,10-11H2,1-4H3,(H,19,22)/t16-,18+/m1/s1. The number of carbonyl (C=O) groups is 3. The Morgan fingerprint density at radius 3 is 2.48 bits per heavy atom. The molecule has 6 nitrogen and oxygen atoms in total. The lowest BCUT2D eigenvalue weighted by Gasteiger charge is -2.38. The van der Waals surface area contributed by atoms with Crippen LogP contribution >= 0.6 is 11.8 Å². The van der Waals surface area contributed by atoms with Crippen LogP contribution in [0.5, 0.6) is 0 Å². The van der Waals surface area contributed by atoms with Crippen molar-refractivity contribution in [3.8, 4) is 0 Å². The van der Waals surface area contributed by atoms with Crippen LogP contribution < -0.4 is 5.32 Å². The van der Waals surface area contributed by atoms with E-state index in [9.17, 15) is 14.4 Å². The van der Waals surface area contributed by atoms with Gasteiger partial charge in [-0.1, -0.05) is 55.9 Å². The highest BCUT2D eigenvalue weighted by Crippen LogP contribution is 2.35. The first kappa shape index (κ1) is 19.3. The van der Waals surface area contributed by atoms with Gasteiger partial charge in [-0.3, -0.25) is 14.4 Å². The van der Waals surface area contributed by atoms with E-state index in [1.165, 1.54) is 16.7 Å². The van der Waals surface area contributed by atoms with Gasteiger partial charge in [0.05, 0.1) is 0 Å². The average molecular weight is 363 g/mol. The van der Waals surface area contributed by atoms with Gasteiger partial charge in [-0.05, 0) is 11.5 Å². The topological polar surface area (TPSA) is 69.7 Å². The van der Waals surface area contributed by atoms with Gasteiger partial charge in [0.2, 0.25) is 17.7 Å². The van der Waals surface area contributed by atoms with Crippen molar-refractivity contribution >= 4 is 29.5 Å². The van der Waals surface area contributed by atoms with E-state index in [0.29, 0.717) is 6.54 Å². The van der Waals surface area contributed by atoms with Crippen molar-refractivity contribution in [2.24, 2.45) is 5.92 Å². The number of likely N-dealkylation sites (N-methyl/N-ethyl adjacent to an activating group) is 1. The van der Waals surface area contributed by atoms with Gasteiger partial charge in [0, 0.05) is 20.6 Å². The van der Waals surface area contributed by atoms with E-state index in [1.807, 2.05) is 44.2 Å². The Labute approximate surface area is 152 Å². The van der Waals surface area contributed by atoms with E-state index < -0.39 is 10.7 Å². The zero-order chi connectivity index (χ0) is 18.6. The summed E-state index contributed by atoms with van der Waals surface area (Å²) in [7, 11) is 3.41. The molecule has 0 aromatic heterocycles. The lowest BCUT2D eigenvalue weighted by molar-refractivity contribution is -0.143. The Kier molecular flexibility index (Phi) is 6.47. The number of benzene rings is 1. The molecular formula is C18H25N3O3S. The number of nitrogens with zero attached hydrogens (tertiary/aromatic N) is 2. The van der Waals surface area contributed by atoms with Gasteiger partial charge in [-0.25, -0.2) is 0 Å². The summed E-state index contributed by atoms with van der Waals surface area (Å²) in [6, 6.07) is 9.42. The molecule has 1 aliphatic rings. The van der Waals surface area contributed by atoms with Crippen LogP contribution in [0.15, 0.2) is 30.3 Å². The monoisotopic (exact) mass is 363 g/mol. The average Bonchev–Trinajstić information content (AvgIpc) is 2.55. The Bertz CT molecular complexity index is 634. The van der Waals surface area contributed by atoms with Crippen LogP contribution in [-0.2, 0) is 14.4 Å². The van der Waals surface area contributed by atoms with Gasteiger partial charge in [-0.2, -0.15) is 0 Å². The molecular weight excluding hydrogens is 338 g/mol. The highest BCUT2D eigenvalue weighted by atomic mass is 32.2. The molecule has 0 saturated carbocycles. The Hall–Kier alpha value is -2.02. The summed E-state index contributed by atoms with van der Waals surface area (Å²) in [6.45, 7) is 4.57. The van der Waals surface area contributed by atoms with Gasteiger partial charge in [0.15, 0.2) is 5.50 Å². The third-order valence-corrected chi connectivity index (χ3v) is 5.17. The fourth-order valence-corrected chi connectivity index (χ4v) is 4.05. The molecule has 0 radical (unpaired) electrons. The van der Waals surface area contributed by atoms with Gasteiger partial charge in [0.1, 0.15) is 11.7 Å². The fraction of sp³-hybridized carbons (Fsp3) is 0.500. The molecule has 1 fully saturated rings. The SMILES string of the molecule is CC(C)CN1C(=O)CC(=O)N[C@@H]1S[C@@H](C(=O)N(C)C)c1ccccc1. The lowest BCUT2D eigenvalue weighted by Crippen LogP contribution is -2.56. The second-order valence-corrected chi connectivity index (χ2v) is 7.89. The second kappa shape index (κ2) is 8.38. The third kappa shape index (κ3) is 4.98. The van der Waals surface area contributed by atoms with Crippen molar-refractivity contribution in [3.63, 3.8) is 0 Å². The number of hydrogen-bond donors (Lipinski definition) is 1. The molecule has 2 rings (SSSR count). The largest absolute Gasteiger partial charge is 0.348 e. The maximum Gasteiger partial charge on any atom is 0.239 e. The van der Waals surface area contributed by atoms with Crippen LogP contribution in [0, 0.1) is 5.92 Å². The van der Waals surface area contributed by atoms with Crippen LogP contribution in [0.4, 0.5) is 0 Å². The molecule has 136 valence electrons. The number of carbonyl (C=O) groups excluding carboxylic acids is 3. The number of thioether (sulfide) groups is 1. The molecule has 1 N–H and O–H groups in total. The molecule has 0 spiro atoms. The summed E-state index contributed by atoms with van der Waals surface area (Å²) in [4.78, 5) is 40.1. The summed E-state index contributed by atoms with van der Waals surface area (Å²) < 4.78 is 0. The molecule has 0 aliphatic carbocycles. The Morgan fingerprint density at radius 2 is 1.92 bits per heavy atom. The zero-order valence-electron chi connectivity index (χ0n) is 15.1. The maximum atomic E-state index is 12.7. The number of rotatable bonds is 6. The van der Waals surface area contributed by atoms with Crippen LogP contribution in [0.3, 0.4) is 0 Å². The molecule has 1 heterocycles. The molecule has 1 aromatic carbocycles. The van der Waals surface area contributed by atoms with E-state index in [4.69, 9.17) is 0 Å². The number of amides is 3. The molecule has 2 atom stereocenters. The fourth-order valence-electron chi connectivity index (χ4n) is 2.61. The first-order valence-corrected chi connectivity index (χ1v) is 9.24. The van der Waals surface area contributed by atoms with E-state index >= 15 is 0 Å². The van der Waals surface area contributed by atoms with E-state index in [2.05, 4.69) is 5.32 Å². The van der Waals surface area contributed by atoms with Gasteiger partial charge in [-0.15, -0.1) is 0 Å². The highest BCUT2D eigenvalue weighted by molar-refractivity contribution is 8.00. The summed E-state index contributed by atoms with van der Waals surface area (Å²) in [5.41, 5.74) is 0.299. The molecule has 0 bridgehead atoms. The predicted octanol–water partition coefficient (Wildman–Crippen LogP) is 1.84. The molecule has 1 aromatic rings. The molecule has 7 heteroatoms. The minimum Gasteiger partial charge on any atom is -0.348 e. The quantitative estimate of drug-likeness (QED) is 0.783. The minimum absolute atomic E-state index is 0.0760. The predicted molar refractivity (Wildman–Crippen MR) is 98.6 cm³/mol. The molecule has 25 heavy (non-hydrogen) atoms. The van der Waals surface area contributed by atoms with Crippen molar-refractivity contribution in [1.82, 2.24) is 15.1 Å². The van der Waals surface area contributed by atoms with Crippen molar-refractivity contribution < 1.29 is 14.4 Å². The highest BCUT2D eigenvalue weighted by Gasteiger charge is 2.36. The van der Waals surface area contributed by atoms with E-state index in [0.717, 1.165) is 5.56 Å². The number of hydrogen-bond acceptors (Lipinski definition) is 4. The van der Waals surface area contributed by atoms with Crippen molar-refractivity contribution in [2.45, 2.75) is 31.0 Å². The third-order valence-electron chi connectivity index (χ3n) is 3.79. The van der Waals surface area contributed by atoms with Crippen molar-refractivity contribution in [3.05, 3.63) is 35.9 Å². The Morgan fingerprint density at radius 1 is 1.28 bits per heavy atom. The first-order valence-electron chi connectivity index (χ1n) is 8.30. The smallest absolute Gasteiger partial charge is 0.239 e. The summed E-state index contributed by atoms with van der Waals surface area (Å²) in [5.74, 6) is -0.305. The van der Waals surface area contributed by atoms with Crippen LogP contribution in [0.1, 0.15) is 31.1 Å². The Balaban J connectivity index is 2.29.